The number of halogens is 1. The maximum atomic E-state index is 12.7. The average Bonchev–Trinajstić information content (AvgIpc) is 2.31. The van der Waals surface area contributed by atoms with Crippen molar-refractivity contribution >= 4 is 11.7 Å². The second kappa shape index (κ2) is 6.58. The first-order valence-electron chi connectivity index (χ1n) is 5.51. The second-order valence-corrected chi connectivity index (χ2v) is 4.07. The number of hydrogen-bond donors (Lipinski definition) is 3. The minimum Gasteiger partial charge on any atom is -0.409 e. The van der Waals surface area contributed by atoms with Crippen LogP contribution in [0.4, 0.5) is 4.39 Å². The topological polar surface area (TPSA) is 87.7 Å². The molecule has 98 valence electrons. The highest BCUT2D eigenvalue weighted by Crippen LogP contribution is 2.05. The molecule has 0 heterocycles. The average molecular weight is 253 g/mol. The van der Waals surface area contributed by atoms with Crippen LogP contribution in [0.5, 0.6) is 0 Å². The summed E-state index contributed by atoms with van der Waals surface area (Å²) in [6.45, 7) is 1.83. The summed E-state index contributed by atoms with van der Waals surface area (Å²) in [4.78, 5) is 11.4. The zero-order valence-electron chi connectivity index (χ0n) is 10.1. The molecule has 0 saturated carbocycles. The van der Waals surface area contributed by atoms with Gasteiger partial charge >= 0.3 is 0 Å². The Morgan fingerprint density at radius 3 is 2.67 bits per heavy atom. The third-order valence-electron chi connectivity index (χ3n) is 2.33. The number of rotatable bonds is 5. The Labute approximate surface area is 104 Å². The Kier molecular flexibility index (Phi) is 5.10. The fraction of sp³-hybridized carbons (Fsp3) is 0.333. The molecule has 1 aromatic rings. The van der Waals surface area contributed by atoms with Crippen LogP contribution in [0.2, 0.25) is 0 Å². The van der Waals surface area contributed by atoms with Gasteiger partial charge in [-0.15, -0.1) is 0 Å². The normalized spacial score (nSPS) is 13.1. The van der Waals surface area contributed by atoms with E-state index in [4.69, 9.17) is 10.9 Å². The van der Waals surface area contributed by atoms with E-state index in [2.05, 4.69) is 10.5 Å². The zero-order valence-corrected chi connectivity index (χ0v) is 10.1. The molecule has 0 aliphatic carbocycles. The third-order valence-corrected chi connectivity index (χ3v) is 2.33. The van der Waals surface area contributed by atoms with Gasteiger partial charge in [0.15, 0.2) is 0 Å². The Morgan fingerprint density at radius 2 is 2.11 bits per heavy atom. The number of nitrogens with one attached hydrogen (secondary N) is 1. The number of amidine groups is 1. The first kappa shape index (κ1) is 14.0. The number of amides is 1. The Balaban J connectivity index is 2.44. The highest BCUT2D eigenvalue weighted by Gasteiger charge is 2.10. The van der Waals surface area contributed by atoms with Gasteiger partial charge in [-0.25, -0.2) is 4.39 Å². The zero-order chi connectivity index (χ0) is 13.5. The van der Waals surface area contributed by atoms with Gasteiger partial charge in [0.1, 0.15) is 11.7 Å². The van der Waals surface area contributed by atoms with Gasteiger partial charge < -0.3 is 16.3 Å². The van der Waals surface area contributed by atoms with Crippen molar-refractivity contribution in [3.05, 3.63) is 35.6 Å². The number of nitrogens with zero attached hydrogens (tertiary/aromatic N) is 1. The molecule has 0 bridgehead atoms. The number of nitrogens with two attached hydrogens (primary N) is 1. The van der Waals surface area contributed by atoms with E-state index in [0.29, 0.717) is 6.42 Å². The number of carbonyl (C=O) groups is 1. The number of hydrogen-bond acceptors (Lipinski definition) is 3. The van der Waals surface area contributed by atoms with Crippen molar-refractivity contribution in [2.45, 2.75) is 25.8 Å². The molecule has 0 aliphatic heterocycles. The van der Waals surface area contributed by atoms with Crippen LogP contribution in [0.15, 0.2) is 29.4 Å². The summed E-state index contributed by atoms with van der Waals surface area (Å²) in [5.74, 6) is -0.747. The van der Waals surface area contributed by atoms with Crippen LogP contribution in [0.1, 0.15) is 18.9 Å². The van der Waals surface area contributed by atoms with Gasteiger partial charge in [-0.2, -0.15) is 0 Å². The maximum Gasteiger partial charge on any atom is 0.227 e. The molecule has 0 fully saturated rings. The standard InChI is InChI=1S/C12H16FN3O2/c1-8(15-12(17)7-11(14)16-18)6-9-2-4-10(13)5-3-9/h2-5,8,18H,6-7H2,1H3,(H2,14,16)(H,15,17). The van der Waals surface area contributed by atoms with Gasteiger partial charge in [0, 0.05) is 6.04 Å². The van der Waals surface area contributed by atoms with E-state index in [9.17, 15) is 9.18 Å². The fourth-order valence-corrected chi connectivity index (χ4v) is 1.55. The van der Waals surface area contributed by atoms with Crippen LogP contribution in [-0.4, -0.2) is 23.0 Å². The molecule has 0 spiro atoms. The van der Waals surface area contributed by atoms with Crippen molar-refractivity contribution in [2.24, 2.45) is 10.9 Å². The largest absolute Gasteiger partial charge is 0.409 e. The van der Waals surface area contributed by atoms with E-state index in [1.165, 1.54) is 12.1 Å². The van der Waals surface area contributed by atoms with Crippen LogP contribution < -0.4 is 11.1 Å². The summed E-state index contributed by atoms with van der Waals surface area (Å²) >= 11 is 0. The Hall–Kier alpha value is -2.11. The Morgan fingerprint density at radius 1 is 1.50 bits per heavy atom. The maximum absolute atomic E-state index is 12.7. The monoisotopic (exact) mass is 253 g/mol. The van der Waals surface area contributed by atoms with Gasteiger partial charge in [0.05, 0.1) is 6.42 Å². The number of oxime groups is 1. The van der Waals surface area contributed by atoms with E-state index in [-0.39, 0.29) is 30.0 Å². The van der Waals surface area contributed by atoms with Crippen molar-refractivity contribution in [3.8, 4) is 0 Å². The van der Waals surface area contributed by atoms with Crippen LogP contribution in [0.3, 0.4) is 0 Å². The summed E-state index contributed by atoms with van der Waals surface area (Å²) < 4.78 is 12.7. The van der Waals surface area contributed by atoms with Crippen LogP contribution in [0, 0.1) is 5.82 Å². The first-order chi connectivity index (χ1) is 8.51. The molecule has 0 aromatic heterocycles. The van der Waals surface area contributed by atoms with Crippen molar-refractivity contribution in [3.63, 3.8) is 0 Å². The quantitative estimate of drug-likeness (QED) is 0.317. The minimum atomic E-state index is -0.320. The lowest BCUT2D eigenvalue weighted by Crippen LogP contribution is -2.36. The van der Waals surface area contributed by atoms with E-state index >= 15 is 0 Å². The van der Waals surface area contributed by atoms with Crippen molar-refractivity contribution < 1.29 is 14.4 Å². The highest BCUT2D eigenvalue weighted by molar-refractivity contribution is 5.98. The molecule has 0 saturated heterocycles. The molecule has 1 unspecified atom stereocenters. The van der Waals surface area contributed by atoms with Crippen LogP contribution in [0.25, 0.3) is 0 Å². The van der Waals surface area contributed by atoms with Gasteiger partial charge in [-0.1, -0.05) is 17.3 Å². The third kappa shape index (κ3) is 4.82. The first-order valence-corrected chi connectivity index (χ1v) is 5.51. The van der Waals surface area contributed by atoms with Crippen LogP contribution in [-0.2, 0) is 11.2 Å². The predicted molar refractivity (Wildman–Crippen MR) is 65.7 cm³/mol. The lowest BCUT2D eigenvalue weighted by atomic mass is 10.1. The second-order valence-electron chi connectivity index (χ2n) is 4.07. The molecule has 1 aromatic carbocycles. The highest BCUT2D eigenvalue weighted by atomic mass is 19.1. The summed E-state index contributed by atoms with van der Waals surface area (Å²) in [6, 6.07) is 5.97. The SMILES string of the molecule is CC(Cc1ccc(F)cc1)NC(=O)CC(N)=NO. The summed E-state index contributed by atoms with van der Waals surface area (Å²) in [5, 5.41) is 13.8. The fourth-order valence-electron chi connectivity index (χ4n) is 1.55. The van der Waals surface area contributed by atoms with E-state index in [0.717, 1.165) is 5.56 Å². The molecule has 5 nitrogen and oxygen atoms in total. The molecule has 6 heteroatoms. The molecule has 18 heavy (non-hydrogen) atoms. The number of benzene rings is 1. The molecular weight excluding hydrogens is 237 g/mol. The minimum absolute atomic E-state index is 0.116. The molecular formula is C12H16FN3O2. The van der Waals surface area contributed by atoms with Crippen molar-refractivity contribution in [1.82, 2.24) is 5.32 Å². The van der Waals surface area contributed by atoms with Crippen LogP contribution >= 0.6 is 0 Å². The lowest BCUT2D eigenvalue weighted by Gasteiger charge is -2.13. The summed E-state index contributed by atoms with van der Waals surface area (Å²) in [6.07, 6.45) is 0.437. The molecule has 0 radical (unpaired) electrons. The van der Waals surface area contributed by atoms with Gasteiger partial charge in [0.25, 0.3) is 0 Å². The summed E-state index contributed by atoms with van der Waals surface area (Å²) in [7, 11) is 0. The Bertz CT molecular complexity index is 431. The lowest BCUT2D eigenvalue weighted by molar-refractivity contribution is -0.120. The summed E-state index contributed by atoms with van der Waals surface area (Å²) in [5.41, 5.74) is 6.14. The van der Waals surface area contributed by atoms with E-state index < -0.39 is 0 Å². The molecule has 4 N–H and O–H groups in total. The predicted octanol–water partition coefficient (Wildman–Crippen LogP) is 1.01. The van der Waals surface area contributed by atoms with Crippen molar-refractivity contribution in [2.75, 3.05) is 0 Å². The van der Waals surface area contributed by atoms with Gasteiger partial charge in [0.2, 0.25) is 5.91 Å². The van der Waals surface area contributed by atoms with Gasteiger partial charge in [-0.05, 0) is 31.0 Å². The molecule has 1 amide bonds. The van der Waals surface area contributed by atoms with E-state index in [1.54, 1.807) is 12.1 Å². The number of carbonyl (C=O) groups excluding carboxylic acids is 1. The molecule has 1 rings (SSSR count). The van der Waals surface area contributed by atoms with Gasteiger partial charge in [-0.3, -0.25) is 4.79 Å². The molecule has 1 atom stereocenters. The van der Waals surface area contributed by atoms with E-state index in [1.807, 2.05) is 6.92 Å². The smallest absolute Gasteiger partial charge is 0.227 e. The molecule has 0 aliphatic rings. The van der Waals surface area contributed by atoms with Crippen molar-refractivity contribution in [1.29, 1.82) is 0 Å².